The fraction of sp³-hybridized carbons (Fsp3) is 0.429. The molecule has 13 nitrogen and oxygen atoms in total. The summed E-state index contributed by atoms with van der Waals surface area (Å²) >= 11 is 0. The number of rotatable bonds is 15. The first-order valence-electron chi connectivity index (χ1n) is 13.3. The van der Waals surface area contributed by atoms with Crippen LogP contribution < -0.4 is 10.6 Å². The van der Waals surface area contributed by atoms with E-state index in [1.807, 2.05) is 44.2 Å². The van der Waals surface area contributed by atoms with Crippen LogP contribution in [0, 0.1) is 5.92 Å². The van der Waals surface area contributed by atoms with Crippen molar-refractivity contribution in [2.75, 3.05) is 20.7 Å². The highest BCUT2D eigenvalue weighted by molar-refractivity contribution is 6.49. The molecule has 2 aromatic rings. The number of aliphatic hydroxyl groups is 1. The predicted octanol–water partition coefficient (Wildman–Crippen LogP) is 0.909. The van der Waals surface area contributed by atoms with Crippen LogP contribution in [0.5, 0.6) is 0 Å². The van der Waals surface area contributed by atoms with Gasteiger partial charge in [0.2, 0.25) is 11.8 Å². The monoisotopic (exact) mass is 584 g/mol. The van der Waals surface area contributed by atoms with Crippen LogP contribution in [0.2, 0.25) is 0 Å². The minimum absolute atomic E-state index is 0.0135. The molecule has 42 heavy (non-hydrogen) atoms. The number of likely N-dealkylation sites (N-methyl/N-ethyl adjacent to an activating group) is 1. The molecule has 1 unspecified atom stereocenters. The number of benzene rings is 1. The molecule has 4 N–H and O–H groups in total. The van der Waals surface area contributed by atoms with Gasteiger partial charge in [0.25, 0.3) is 5.91 Å². The zero-order valence-corrected chi connectivity index (χ0v) is 24.3. The first kappa shape index (κ1) is 33.9. The highest BCUT2D eigenvalue weighted by Crippen LogP contribution is 2.17. The lowest BCUT2D eigenvalue weighted by atomic mass is 9.73. The highest BCUT2D eigenvalue weighted by Gasteiger charge is 2.39. The Morgan fingerprint density at radius 2 is 1.64 bits per heavy atom. The first-order chi connectivity index (χ1) is 19.8. The summed E-state index contributed by atoms with van der Waals surface area (Å²) in [6, 6.07) is 12.6. The number of amides is 3. The van der Waals surface area contributed by atoms with E-state index in [1.165, 1.54) is 32.0 Å². The Hall–Kier alpha value is -4.30. The van der Waals surface area contributed by atoms with Crippen molar-refractivity contribution >= 4 is 36.8 Å². The van der Waals surface area contributed by atoms with E-state index in [0.29, 0.717) is 5.69 Å². The van der Waals surface area contributed by atoms with Crippen LogP contribution in [0.15, 0.2) is 48.5 Å². The number of pyridine rings is 1. The van der Waals surface area contributed by atoms with Gasteiger partial charge in [0.05, 0.1) is 17.7 Å². The Balaban J connectivity index is 2.27. The van der Waals surface area contributed by atoms with Crippen LogP contribution in [0.25, 0.3) is 11.3 Å². The summed E-state index contributed by atoms with van der Waals surface area (Å²) in [6.45, 7) is 4.42. The number of nitrogens with one attached hydrogen (secondary N) is 2. The average Bonchev–Trinajstić information content (AvgIpc) is 2.92. The van der Waals surface area contributed by atoms with E-state index in [1.54, 1.807) is 12.1 Å². The zero-order chi connectivity index (χ0) is 31.4. The summed E-state index contributed by atoms with van der Waals surface area (Å²) in [5, 5.41) is 24.5. The Morgan fingerprint density at radius 3 is 2.21 bits per heavy atom. The molecule has 0 aliphatic rings. The molecule has 0 aliphatic heterocycles. The molecule has 0 saturated heterocycles. The van der Waals surface area contributed by atoms with E-state index in [-0.39, 0.29) is 18.0 Å². The van der Waals surface area contributed by atoms with Gasteiger partial charge in [-0.05, 0) is 31.4 Å². The molecule has 0 aliphatic carbocycles. The molecule has 1 aromatic carbocycles. The summed E-state index contributed by atoms with van der Waals surface area (Å²) < 4.78 is 10.7. The smallest absolute Gasteiger partial charge is 0.508 e. The highest BCUT2D eigenvalue weighted by atomic mass is 16.6. The largest absolute Gasteiger partial charge is 0.551 e. The summed E-state index contributed by atoms with van der Waals surface area (Å²) in [4.78, 5) is 67.4. The lowest BCUT2D eigenvalue weighted by molar-refractivity contribution is -0.147. The van der Waals surface area contributed by atoms with Gasteiger partial charge in [-0.15, -0.1) is 0 Å². The predicted molar refractivity (Wildman–Crippen MR) is 153 cm³/mol. The van der Waals surface area contributed by atoms with Gasteiger partial charge in [-0.25, -0.2) is 4.98 Å². The van der Waals surface area contributed by atoms with Gasteiger partial charge in [0, 0.05) is 19.7 Å². The lowest BCUT2D eigenvalue weighted by Gasteiger charge is -2.28. The van der Waals surface area contributed by atoms with Crippen LogP contribution in [0.1, 0.15) is 44.1 Å². The zero-order valence-electron chi connectivity index (χ0n) is 24.3. The van der Waals surface area contributed by atoms with E-state index in [4.69, 9.17) is 14.4 Å². The number of carbonyl (C=O) groups excluding carboxylic acids is 4. The van der Waals surface area contributed by atoms with Crippen molar-refractivity contribution in [3.63, 3.8) is 0 Å². The van der Waals surface area contributed by atoms with Gasteiger partial charge in [-0.3, -0.25) is 24.0 Å². The van der Waals surface area contributed by atoms with Crippen molar-refractivity contribution in [2.24, 2.45) is 5.92 Å². The van der Waals surface area contributed by atoms with E-state index in [0.717, 1.165) is 5.56 Å². The number of nitrogens with zero attached hydrogens (tertiary/aromatic N) is 2. The van der Waals surface area contributed by atoms with Crippen LogP contribution in [0.3, 0.4) is 0 Å². The summed E-state index contributed by atoms with van der Waals surface area (Å²) in [6.07, 6.45) is -2.14. The Morgan fingerprint density at radius 1 is 0.976 bits per heavy atom. The number of carboxylic acids is 1. The molecule has 0 fully saturated rings. The minimum atomic E-state index is -1.54. The van der Waals surface area contributed by atoms with Gasteiger partial charge in [-0.1, -0.05) is 50.2 Å². The number of aromatic nitrogens is 1. The number of aliphatic carboxylic acids is 1. The van der Waals surface area contributed by atoms with Crippen molar-refractivity contribution in [2.45, 2.75) is 51.7 Å². The van der Waals surface area contributed by atoms with Crippen molar-refractivity contribution in [1.29, 1.82) is 0 Å². The second-order valence-corrected chi connectivity index (χ2v) is 10.2. The van der Waals surface area contributed by atoms with Gasteiger partial charge >= 0.3 is 19.1 Å². The average molecular weight is 584 g/mol. The third kappa shape index (κ3) is 10.9. The van der Waals surface area contributed by atoms with Crippen molar-refractivity contribution < 1.29 is 43.5 Å². The molecule has 14 heteroatoms. The third-order valence-electron chi connectivity index (χ3n) is 5.90. The Bertz CT molecular complexity index is 1240. The topological polar surface area (TPSA) is 184 Å². The molecule has 0 radical (unpaired) electrons. The molecule has 0 spiro atoms. The first-order valence-corrected chi connectivity index (χ1v) is 13.3. The Kier molecular flexibility index (Phi) is 13.1. The standard InChI is InChI=1S/C28H37BN4O9/c1-17(2)14-22(29(41-16-23(35)33(4)5)42-25(38)15-24(36)37)31-28(40)26(18(3)34)32-27(39)21-13-9-12-20(30-21)19-10-7-6-8-11-19/h6-13,17-18,22,26,34H,14-16H2,1-5H3,(H,31,40)(H,32,39)(H,36,37)/t18-,22+,26?/m1/s1. The summed E-state index contributed by atoms with van der Waals surface area (Å²) in [5.74, 6) is -5.75. The van der Waals surface area contributed by atoms with E-state index in [9.17, 15) is 29.1 Å². The normalized spacial score (nSPS) is 12.9. The van der Waals surface area contributed by atoms with Gasteiger partial charge in [-0.2, -0.15) is 0 Å². The molecule has 3 atom stereocenters. The van der Waals surface area contributed by atoms with E-state index >= 15 is 0 Å². The number of aliphatic hydroxyl groups excluding tert-OH is 1. The molecule has 226 valence electrons. The number of hydrogen-bond acceptors (Lipinski definition) is 9. The van der Waals surface area contributed by atoms with E-state index in [2.05, 4.69) is 15.6 Å². The third-order valence-corrected chi connectivity index (χ3v) is 5.90. The molecule has 0 saturated carbocycles. The van der Waals surface area contributed by atoms with Gasteiger partial charge < -0.3 is 35.1 Å². The van der Waals surface area contributed by atoms with E-state index < -0.39 is 67.9 Å². The maximum Gasteiger partial charge on any atom is 0.551 e. The molecule has 3 amide bonds. The second-order valence-electron chi connectivity index (χ2n) is 10.2. The quantitative estimate of drug-likeness (QED) is 0.173. The van der Waals surface area contributed by atoms with Crippen LogP contribution >= 0.6 is 0 Å². The molecular weight excluding hydrogens is 547 g/mol. The fourth-order valence-corrected chi connectivity index (χ4v) is 3.78. The maximum absolute atomic E-state index is 13.4. The van der Waals surface area contributed by atoms with Gasteiger partial charge in [0.1, 0.15) is 24.8 Å². The summed E-state index contributed by atoms with van der Waals surface area (Å²) in [5.41, 5.74) is 1.33. The minimum Gasteiger partial charge on any atom is -0.508 e. The van der Waals surface area contributed by atoms with Crippen molar-refractivity contribution in [3.8, 4) is 11.3 Å². The molecular formula is C28H37BN4O9. The number of carboxylic acid groups (broad SMARTS) is 1. The molecule has 2 rings (SSSR count). The number of hydrogen-bond donors (Lipinski definition) is 4. The second kappa shape index (κ2) is 16.2. The maximum atomic E-state index is 13.4. The van der Waals surface area contributed by atoms with Crippen LogP contribution in [-0.4, -0.2) is 95.7 Å². The fourth-order valence-electron chi connectivity index (χ4n) is 3.78. The van der Waals surface area contributed by atoms with Crippen molar-refractivity contribution in [3.05, 3.63) is 54.2 Å². The van der Waals surface area contributed by atoms with Crippen LogP contribution in [-0.2, 0) is 28.5 Å². The summed E-state index contributed by atoms with van der Waals surface area (Å²) in [7, 11) is 1.44. The lowest BCUT2D eigenvalue weighted by Crippen LogP contribution is -2.59. The van der Waals surface area contributed by atoms with Crippen LogP contribution in [0.4, 0.5) is 0 Å². The number of carbonyl (C=O) groups is 5. The Labute approximate surface area is 244 Å². The molecule has 1 aromatic heterocycles. The molecule has 0 bridgehead atoms. The SMILES string of the molecule is CC(C)C[C@H](NC(=O)C(NC(=O)c1cccc(-c2ccccc2)n1)[C@@H](C)O)B(OCC(=O)N(C)C)OC(=O)CC(=O)O. The van der Waals surface area contributed by atoms with Gasteiger partial charge in [0.15, 0.2) is 0 Å². The molecule has 1 heterocycles. The van der Waals surface area contributed by atoms with Crippen molar-refractivity contribution in [1.82, 2.24) is 20.5 Å².